The lowest BCUT2D eigenvalue weighted by atomic mass is 9.91. The SMILES string of the molecule is CC(C)c1ccc(C(=O)Nc2cccc(S(=O)(=O)NC3CC3)c2)c(C(C)C)c1. The van der Waals surface area contributed by atoms with Crippen molar-refractivity contribution in [3.8, 4) is 0 Å². The number of amides is 1. The Labute approximate surface area is 167 Å². The van der Waals surface area contributed by atoms with Crippen LogP contribution in [-0.4, -0.2) is 20.4 Å². The first-order valence-electron chi connectivity index (χ1n) is 9.75. The van der Waals surface area contributed by atoms with Gasteiger partial charge in [-0.05, 0) is 60.1 Å². The fraction of sp³-hybridized carbons (Fsp3) is 0.409. The van der Waals surface area contributed by atoms with Crippen LogP contribution in [-0.2, 0) is 10.0 Å². The van der Waals surface area contributed by atoms with Gasteiger partial charge in [-0.2, -0.15) is 0 Å². The van der Waals surface area contributed by atoms with Gasteiger partial charge < -0.3 is 5.32 Å². The normalized spacial score (nSPS) is 14.5. The van der Waals surface area contributed by atoms with Crippen molar-refractivity contribution in [1.82, 2.24) is 4.72 Å². The number of sulfonamides is 1. The van der Waals surface area contributed by atoms with Crippen LogP contribution < -0.4 is 10.0 Å². The molecule has 0 heterocycles. The van der Waals surface area contributed by atoms with Gasteiger partial charge >= 0.3 is 0 Å². The maximum atomic E-state index is 12.9. The summed E-state index contributed by atoms with van der Waals surface area (Å²) in [6, 6.07) is 12.3. The summed E-state index contributed by atoms with van der Waals surface area (Å²) in [5, 5.41) is 2.85. The van der Waals surface area contributed by atoms with Gasteiger partial charge in [0.05, 0.1) is 4.90 Å². The van der Waals surface area contributed by atoms with E-state index in [0.29, 0.717) is 17.2 Å². The van der Waals surface area contributed by atoms with E-state index in [1.807, 2.05) is 12.1 Å². The summed E-state index contributed by atoms with van der Waals surface area (Å²) in [6.07, 6.45) is 1.75. The van der Waals surface area contributed by atoms with E-state index >= 15 is 0 Å². The third-order valence-electron chi connectivity index (χ3n) is 4.91. The Balaban J connectivity index is 1.84. The first kappa shape index (κ1) is 20.6. The average molecular weight is 401 g/mol. The molecule has 1 fully saturated rings. The second-order valence-corrected chi connectivity index (χ2v) is 9.75. The molecule has 0 aromatic heterocycles. The highest BCUT2D eigenvalue weighted by molar-refractivity contribution is 7.89. The Morgan fingerprint density at radius 1 is 1.00 bits per heavy atom. The predicted octanol–water partition coefficient (Wildman–Crippen LogP) is 4.63. The monoisotopic (exact) mass is 400 g/mol. The lowest BCUT2D eigenvalue weighted by Gasteiger charge is -2.16. The molecule has 0 spiro atoms. The van der Waals surface area contributed by atoms with Crippen molar-refractivity contribution >= 4 is 21.6 Å². The minimum atomic E-state index is -3.56. The van der Waals surface area contributed by atoms with Gasteiger partial charge in [0.25, 0.3) is 5.91 Å². The standard InChI is InChI=1S/C22H28N2O3S/c1-14(2)16-8-11-20(21(12-16)15(3)4)22(25)23-18-6-5-7-19(13-18)28(26,27)24-17-9-10-17/h5-8,11-15,17,24H,9-10H2,1-4H3,(H,23,25). The Morgan fingerprint density at radius 3 is 2.32 bits per heavy atom. The van der Waals surface area contributed by atoms with E-state index in [2.05, 4.69) is 43.8 Å². The summed E-state index contributed by atoms with van der Waals surface area (Å²) in [4.78, 5) is 13.1. The number of hydrogen-bond acceptors (Lipinski definition) is 3. The van der Waals surface area contributed by atoms with Crippen LogP contribution in [0.2, 0.25) is 0 Å². The van der Waals surface area contributed by atoms with Crippen LogP contribution >= 0.6 is 0 Å². The molecule has 0 bridgehead atoms. The second kappa shape index (κ2) is 8.05. The van der Waals surface area contributed by atoms with Crippen molar-refractivity contribution in [2.45, 2.75) is 63.3 Å². The molecule has 28 heavy (non-hydrogen) atoms. The summed E-state index contributed by atoms with van der Waals surface area (Å²) < 4.78 is 27.5. The van der Waals surface area contributed by atoms with Gasteiger partial charge in [0, 0.05) is 17.3 Å². The first-order valence-corrected chi connectivity index (χ1v) is 11.2. The van der Waals surface area contributed by atoms with Gasteiger partial charge in [0.15, 0.2) is 0 Å². The zero-order valence-electron chi connectivity index (χ0n) is 16.8. The van der Waals surface area contributed by atoms with Crippen LogP contribution in [0, 0.1) is 0 Å². The summed E-state index contributed by atoms with van der Waals surface area (Å²) >= 11 is 0. The quantitative estimate of drug-likeness (QED) is 0.712. The van der Waals surface area contributed by atoms with Crippen molar-refractivity contribution in [3.63, 3.8) is 0 Å². The molecular formula is C22H28N2O3S. The van der Waals surface area contributed by atoms with E-state index < -0.39 is 10.0 Å². The van der Waals surface area contributed by atoms with Crippen LogP contribution in [0.15, 0.2) is 47.4 Å². The van der Waals surface area contributed by atoms with Gasteiger partial charge in [-0.15, -0.1) is 0 Å². The highest BCUT2D eigenvalue weighted by Crippen LogP contribution is 2.27. The summed E-state index contributed by atoms with van der Waals surface area (Å²) in [7, 11) is -3.56. The maximum Gasteiger partial charge on any atom is 0.255 e. The molecule has 6 heteroatoms. The van der Waals surface area contributed by atoms with Gasteiger partial charge in [0.2, 0.25) is 10.0 Å². The average Bonchev–Trinajstić information content (AvgIpc) is 3.44. The molecule has 2 N–H and O–H groups in total. The lowest BCUT2D eigenvalue weighted by molar-refractivity contribution is 0.102. The molecule has 0 unspecified atom stereocenters. The van der Waals surface area contributed by atoms with E-state index in [1.165, 1.54) is 17.7 Å². The fourth-order valence-corrected chi connectivity index (χ4v) is 4.40. The molecule has 1 amide bonds. The maximum absolute atomic E-state index is 12.9. The summed E-state index contributed by atoms with van der Waals surface area (Å²) in [5.41, 5.74) is 3.26. The minimum Gasteiger partial charge on any atom is -0.322 e. The molecule has 1 saturated carbocycles. The number of carbonyl (C=O) groups is 1. The van der Waals surface area contributed by atoms with Crippen molar-refractivity contribution in [3.05, 3.63) is 59.2 Å². The zero-order valence-corrected chi connectivity index (χ0v) is 17.6. The fourth-order valence-electron chi connectivity index (χ4n) is 3.05. The van der Waals surface area contributed by atoms with Crippen LogP contribution in [0.1, 0.15) is 73.9 Å². The van der Waals surface area contributed by atoms with Gasteiger partial charge in [-0.1, -0.05) is 45.9 Å². The molecule has 2 aromatic carbocycles. The third kappa shape index (κ3) is 4.80. The van der Waals surface area contributed by atoms with Gasteiger partial charge in [-0.25, -0.2) is 13.1 Å². The van der Waals surface area contributed by atoms with Crippen molar-refractivity contribution in [2.75, 3.05) is 5.32 Å². The Bertz CT molecular complexity index is 977. The molecule has 1 aliphatic rings. The summed E-state index contributed by atoms with van der Waals surface area (Å²) in [6.45, 7) is 8.38. The minimum absolute atomic E-state index is 0.0383. The molecule has 0 saturated heterocycles. The molecule has 2 aromatic rings. The number of benzene rings is 2. The highest BCUT2D eigenvalue weighted by atomic mass is 32.2. The Kier molecular flexibility index (Phi) is 5.91. The second-order valence-electron chi connectivity index (χ2n) is 8.03. The van der Waals surface area contributed by atoms with Crippen LogP contribution in [0.4, 0.5) is 5.69 Å². The Hall–Kier alpha value is -2.18. The molecule has 0 radical (unpaired) electrons. The van der Waals surface area contributed by atoms with Crippen LogP contribution in [0.25, 0.3) is 0 Å². The van der Waals surface area contributed by atoms with E-state index in [0.717, 1.165) is 18.4 Å². The smallest absolute Gasteiger partial charge is 0.255 e. The number of nitrogens with one attached hydrogen (secondary N) is 2. The Morgan fingerprint density at radius 2 is 1.71 bits per heavy atom. The molecule has 0 aliphatic heterocycles. The molecule has 1 aliphatic carbocycles. The highest BCUT2D eigenvalue weighted by Gasteiger charge is 2.28. The number of hydrogen-bond donors (Lipinski definition) is 2. The first-order chi connectivity index (χ1) is 13.2. The van der Waals surface area contributed by atoms with Crippen LogP contribution in [0.3, 0.4) is 0 Å². The lowest BCUT2D eigenvalue weighted by Crippen LogP contribution is -2.25. The van der Waals surface area contributed by atoms with Crippen molar-refractivity contribution < 1.29 is 13.2 Å². The number of rotatable bonds is 7. The molecular weight excluding hydrogens is 372 g/mol. The van der Waals surface area contributed by atoms with E-state index in [9.17, 15) is 13.2 Å². The number of anilines is 1. The molecule has 3 rings (SSSR count). The van der Waals surface area contributed by atoms with Gasteiger partial charge in [-0.3, -0.25) is 4.79 Å². The van der Waals surface area contributed by atoms with E-state index in [1.54, 1.807) is 12.1 Å². The number of carbonyl (C=O) groups excluding carboxylic acids is 1. The molecule has 150 valence electrons. The van der Waals surface area contributed by atoms with Crippen molar-refractivity contribution in [2.24, 2.45) is 0 Å². The summed E-state index contributed by atoms with van der Waals surface area (Å²) in [5.74, 6) is 0.355. The largest absolute Gasteiger partial charge is 0.322 e. The van der Waals surface area contributed by atoms with Crippen LogP contribution in [0.5, 0.6) is 0 Å². The molecule has 5 nitrogen and oxygen atoms in total. The van der Waals surface area contributed by atoms with E-state index in [-0.39, 0.29) is 22.8 Å². The van der Waals surface area contributed by atoms with Gasteiger partial charge in [0.1, 0.15) is 0 Å². The topological polar surface area (TPSA) is 75.3 Å². The van der Waals surface area contributed by atoms with Crippen molar-refractivity contribution in [1.29, 1.82) is 0 Å². The van der Waals surface area contributed by atoms with E-state index in [4.69, 9.17) is 0 Å². The molecule has 0 atom stereocenters. The predicted molar refractivity (Wildman–Crippen MR) is 112 cm³/mol. The third-order valence-corrected chi connectivity index (χ3v) is 6.43. The zero-order chi connectivity index (χ0) is 20.5.